The van der Waals surface area contributed by atoms with E-state index in [0.717, 1.165) is 12.1 Å². The number of anilines is 1. The van der Waals surface area contributed by atoms with Crippen LogP contribution in [0.5, 0.6) is 11.5 Å². The normalized spacial score (nSPS) is 23.8. The van der Waals surface area contributed by atoms with E-state index in [1.165, 1.54) is 0 Å². The number of carbonyl (C=O) groups excluding carboxylic acids is 2. The molecule has 2 bridgehead atoms. The first-order valence-electron chi connectivity index (χ1n) is 9.99. The molecule has 0 spiro atoms. The second-order valence-electron chi connectivity index (χ2n) is 7.59. The van der Waals surface area contributed by atoms with Crippen LogP contribution in [-0.4, -0.2) is 31.0 Å². The quantitative estimate of drug-likeness (QED) is 0.689. The minimum absolute atomic E-state index is 0.0530. The number of hydrogen-bond acceptors (Lipinski definition) is 5. The highest BCUT2D eigenvalue weighted by molar-refractivity contribution is 5.98. The van der Waals surface area contributed by atoms with Crippen molar-refractivity contribution in [3.63, 3.8) is 0 Å². The van der Waals surface area contributed by atoms with Crippen molar-refractivity contribution in [3.05, 3.63) is 60.4 Å². The van der Waals surface area contributed by atoms with Crippen molar-refractivity contribution in [2.75, 3.05) is 19.5 Å². The summed E-state index contributed by atoms with van der Waals surface area (Å²) in [5.74, 6) is 0.146. The van der Waals surface area contributed by atoms with Gasteiger partial charge in [0.05, 0.1) is 44.0 Å². The number of hydrogen-bond donors (Lipinski definition) is 2. The van der Waals surface area contributed by atoms with Crippen LogP contribution < -0.4 is 20.1 Å². The molecule has 0 radical (unpaired) electrons. The smallest absolute Gasteiger partial charge is 0.229 e. The lowest BCUT2D eigenvalue weighted by Crippen LogP contribution is -2.41. The van der Waals surface area contributed by atoms with Gasteiger partial charge in [0, 0.05) is 12.3 Å². The number of pyridine rings is 1. The van der Waals surface area contributed by atoms with E-state index in [4.69, 9.17) is 9.47 Å². The predicted octanol–water partition coefficient (Wildman–Crippen LogP) is 2.79. The summed E-state index contributed by atoms with van der Waals surface area (Å²) in [6.45, 7) is 0.343. The van der Waals surface area contributed by atoms with Crippen LogP contribution in [0.4, 0.5) is 5.69 Å². The highest BCUT2D eigenvalue weighted by atomic mass is 16.5. The van der Waals surface area contributed by atoms with Crippen LogP contribution in [-0.2, 0) is 16.1 Å². The minimum atomic E-state index is -0.431. The van der Waals surface area contributed by atoms with Crippen LogP contribution in [0.1, 0.15) is 12.1 Å². The van der Waals surface area contributed by atoms with E-state index in [1.807, 2.05) is 18.2 Å². The van der Waals surface area contributed by atoms with Crippen LogP contribution in [0.3, 0.4) is 0 Å². The summed E-state index contributed by atoms with van der Waals surface area (Å²) in [6.07, 6.45) is 6.63. The number of nitrogens with one attached hydrogen (secondary N) is 2. The van der Waals surface area contributed by atoms with E-state index in [2.05, 4.69) is 27.8 Å². The number of ether oxygens (including phenoxy) is 2. The molecule has 156 valence electrons. The number of benzene rings is 1. The molecule has 2 aromatic rings. The van der Waals surface area contributed by atoms with Crippen LogP contribution in [0.2, 0.25) is 0 Å². The van der Waals surface area contributed by atoms with Crippen molar-refractivity contribution in [1.29, 1.82) is 0 Å². The number of amides is 2. The first kappa shape index (κ1) is 19.9. The Morgan fingerprint density at radius 3 is 2.47 bits per heavy atom. The Kier molecular flexibility index (Phi) is 5.70. The third kappa shape index (κ3) is 3.87. The lowest BCUT2D eigenvalue weighted by atomic mass is 9.81. The van der Waals surface area contributed by atoms with Crippen molar-refractivity contribution in [3.8, 4) is 11.5 Å². The van der Waals surface area contributed by atoms with Gasteiger partial charge in [-0.15, -0.1) is 0 Å². The van der Waals surface area contributed by atoms with Crippen molar-refractivity contribution < 1.29 is 19.1 Å². The van der Waals surface area contributed by atoms with Gasteiger partial charge in [0.1, 0.15) is 11.5 Å². The zero-order valence-corrected chi connectivity index (χ0v) is 17.0. The highest BCUT2D eigenvalue weighted by Crippen LogP contribution is 2.48. The van der Waals surface area contributed by atoms with Crippen molar-refractivity contribution in [1.82, 2.24) is 10.3 Å². The van der Waals surface area contributed by atoms with Gasteiger partial charge in [0.2, 0.25) is 11.8 Å². The molecule has 2 N–H and O–H groups in total. The Morgan fingerprint density at radius 2 is 1.80 bits per heavy atom. The van der Waals surface area contributed by atoms with E-state index in [9.17, 15) is 9.59 Å². The maximum absolute atomic E-state index is 13.2. The molecule has 0 unspecified atom stereocenters. The average Bonchev–Trinajstić information content (AvgIpc) is 3.40. The molecule has 2 aliphatic carbocycles. The molecule has 7 heteroatoms. The summed E-state index contributed by atoms with van der Waals surface area (Å²) in [4.78, 5) is 30.5. The Bertz CT molecular complexity index is 960. The highest BCUT2D eigenvalue weighted by Gasteiger charge is 2.51. The fraction of sp³-hybridized carbons (Fsp3) is 0.348. The summed E-state index contributed by atoms with van der Waals surface area (Å²) < 4.78 is 10.6. The Hall–Kier alpha value is -3.35. The second-order valence-corrected chi connectivity index (χ2v) is 7.59. The lowest BCUT2D eigenvalue weighted by molar-refractivity contribution is -0.133. The number of methoxy groups -OCH3 is 2. The van der Waals surface area contributed by atoms with E-state index in [0.29, 0.717) is 23.7 Å². The minimum Gasteiger partial charge on any atom is -0.497 e. The van der Waals surface area contributed by atoms with Crippen LogP contribution in [0.25, 0.3) is 0 Å². The maximum atomic E-state index is 13.2. The first-order chi connectivity index (χ1) is 14.6. The van der Waals surface area contributed by atoms with Crippen molar-refractivity contribution in [2.45, 2.75) is 13.0 Å². The van der Waals surface area contributed by atoms with E-state index in [1.54, 1.807) is 38.6 Å². The average molecular weight is 407 g/mol. The lowest BCUT2D eigenvalue weighted by Gasteiger charge is -2.26. The molecule has 1 heterocycles. The Morgan fingerprint density at radius 1 is 1.03 bits per heavy atom. The monoisotopic (exact) mass is 407 g/mol. The number of fused-ring (bicyclic) bond motifs is 2. The SMILES string of the molecule is COc1ccc(OC)c(NC(=O)[C@@H]2[C@@H](C(=O)NCc3ccccn3)[C@H]3C=C[C@H]2C3)c1. The van der Waals surface area contributed by atoms with Crippen molar-refractivity contribution >= 4 is 17.5 Å². The first-order valence-corrected chi connectivity index (χ1v) is 9.99. The standard InChI is InChI=1S/C23H25N3O4/c1-29-17-8-9-19(30-2)18(12-17)26-23(28)21-15-7-6-14(11-15)20(21)22(27)25-13-16-5-3-4-10-24-16/h3-10,12,14-15,20-21H,11,13H2,1-2H3,(H,25,27)(H,26,28)/t14-,15-,20-,21-/m0/s1. The van der Waals surface area contributed by atoms with Crippen molar-refractivity contribution in [2.24, 2.45) is 23.7 Å². The molecule has 2 aliphatic rings. The molecule has 2 amide bonds. The predicted molar refractivity (Wildman–Crippen MR) is 112 cm³/mol. The Labute approximate surface area is 175 Å². The molecule has 1 aromatic heterocycles. The summed E-state index contributed by atoms with van der Waals surface area (Å²) >= 11 is 0. The van der Waals surface area contributed by atoms with Gasteiger partial charge in [-0.3, -0.25) is 14.6 Å². The zero-order valence-electron chi connectivity index (χ0n) is 17.0. The molecule has 0 saturated heterocycles. The fourth-order valence-corrected chi connectivity index (χ4v) is 4.46. The molecule has 30 heavy (non-hydrogen) atoms. The molecule has 1 aromatic carbocycles. The van der Waals surface area contributed by atoms with Gasteiger partial charge in [0.15, 0.2) is 0 Å². The molecule has 1 saturated carbocycles. The molecular formula is C23H25N3O4. The molecule has 4 atom stereocenters. The summed E-state index contributed by atoms with van der Waals surface area (Å²) in [6, 6.07) is 10.8. The molecular weight excluding hydrogens is 382 g/mol. The zero-order chi connectivity index (χ0) is 21.1. The van der Waals surface area contributed by atoms with E-state index in [-0.39, 0.29) is 23.7 Å². The van der Waals surface area contributed by atoms with Gasteiger partial charge in [-0.1, -0.05) is 18.2 Å². The van der Waals surface area contributed by atoms with E-state index >= 15 is 0 Å². The number of allylic oxidation sites excluding steroid dienone is 2. The van der Waals surface area contributed by atoms with Gasteiger partial charge in [-0.05, 0) is 42.5 Å². The van der Waals surface area contributed by atoms with Gasteiger partial charge >= 0.3 is 0 Å². The van der Waals surface area contributed by atoms with Gasteiger partial charge in [0.25, 0.3) is 0 Å². The Balaban J connectivity index is 1.50. The number of carbonyl (C=O) groups is 2. The van der Waals surface area contributed by atoms with Crippen LogP contribution >= 0.6 is 0 Å². The maximum Gasteiger partial charge on any atom is 0.229 e. The number of aromatic nitrogens is 1. The molecule has 4 rings (SSSR count). The largest absolute Gasteiger partial charge is 0.497 e. The third-order valence-corrected chi connectivity index (χ3v) is 5.90. The molecule has 1 fully saturated rings. The molecule has 7 nitrogen and oxygen atoms in total. The topological polar surface area (TPSA) is 89.5 Å². The second kappa shape index (κ2) is 8.57. The van der Waals surface area contributed by atoms with Gasteiger partial charge < -0.3 is 20.1 Å². The summed E-state index contributed by atoms with van der Waals surface area (Å²) in [5, 5.41) is 5.91. The molecule has 0 aliphatic heterocycles. The third-order valence-electron chi connectivity index (χ3n) is 5.90. The fourth-order valence-electron chi connectivity index (χ4n) is 4.46. The number of nitrogens with zero attached hydrogens (tertiary/aromatic N) is 1. The van der Waals surface area contributed by atoms with Gasteiger partial charge in [-0.25, -0.2) is 0 Å². The summed E-state index contributed by atoms with van der Waals surface area (Å²) in [7, 11) is 3.11. The van der Waals surface area contributed by atoms with Gasteiger partial charge in [-0.2, -0.15) is 0 Å². The van der Waals surface area contributed by atoms with Crippen LogP contribution in [0.15, 0.2) is 54.7 Å². The number of rotatable bonds is 7. The van der Waals surface area contributed by atoms with E-state index < -0.39 is 11.8 Å². The summed E-state index contributed by atoms with van der Waals surface area (Å²) in [5.41, 5.74) is 1.31. The van der Waals surface area contributed by atoms with Crippen LogP contribution in [0, 0.1) is 23.7 Å².